The summed E-state index contributed by atoms with van der Waals surface area (Å²) in [6.07, 6.45) is 5.34. The van der Waals surface area contributed by atoms with E-state index >= 15 is 0 Å². The molecule has 1 aliphatic heterocycles. The maximum atomic E-state index is 6.25. The minimum absolute atomic E-state index is 0.330. The van der Waals surface area contributed by atoms with E-state index in [-0.39, 0.29) is 0 Å². The second-order valence-corrected chi connectivity index (χ2v) is 5.37. The molecule has 1 aromatic carbocycles. The molecular weight excluding hydrogens is 252 g/mol. The largest absolute Gasteiger partial charge is 0.370 e. The number of halogens is 1. The van der Waals surface area contributed by atoms with Crippen LogP contribution in [0.15, 0.2) is 35.5 Å². The first-order valence-electron chi connectivity index (χ1n) is 5.73. The summed E-state index contributed by atoms with van der Waals surface area (Å²) < 4.78 is 0. The summed E-state index contributed by atoms with van der Waals surface area (Å²) in [6, 6.07) is 6.31. The molecule has 2 nitrogen and oxygen atoms in total. The second-order valence-electron chi connectivity index (χ2n) is 3.99. The Morgan fingerprint density at radius 1 is 1.53 bits per heavy atom. The van der Waals surface area contributed by atoms with E-state index in [4.69, 9.17) is 11.6 Å². The van der Waals surface area contributed by atoms with Crippen LogP contribution >= 0.6 is 23.0 Å². The van der Waals surface area contributed by atoms with Gasteiger partial charge in [-0.1, -0.05) is 24.6 Å². The highest BCUT2D eigenvalue weighted by molar-refractivity contribution is 7.97. The Balaban J connectivity index is 2.13. The molecule has 0 amide bonds. The van der Waals surface area contributed by atoms with Crippen molar-refractivity contribution in [1.82, 2.24) is 10.2 Å². The van der Waals surface area contributed by atoms with Crippen molar-refractivity contribution in [2.75, 3.05) is 0 Å². The zero-order chi connectivity index (χ0) is 12.3. The van der Waals surface area contributed by atoms with Gasteiger partial charge in [0.1, 0.15) is 0 Å². The molecule has 1 heterocycles. The van der Waals surface area contributed by atoms with Gasteiger partial charge in [0.05, 0.1) is 11.2 Å². The van der Waals surface area contributed by atoms with Crippen LogP contribution in [0.2, 0.25) is 5.02 Å². The van der Waals surface area contributed by atoms with E-state index in [0.29, 0.717) is 6.17 Å². The fourth-order valence-corrected chi connectivity index (χ4v) is 2.86. The summed E-state index contributed by atoms with van der Waals surface area (Å²) in [6.45, 7) is 4.26. The fourth-order valence-electron chi connectivity index (χ4n) is 1.63. The van der Waals surface area contributed by atoms with Gasteiger partial charge in [0.15, 0.2) is 0 Å². The van der Waals surface area contributed by atoms with Gasteiger partial charge in [-0.15, -0.1) is 0 Å². The third-order valence-corrected chi connectivity index (χ3v) is 4.28. The lowest BCUT2D eigenvalue weighted by molar-refractivity contribution is 0.445. The number of thiol groups is 1. The molecule has 0 saturated heterocycles. The molecular formula is C13H17ClN2S. The van der Waals surface area contributed by atoms with E-state index in [9.17, 15) is 0 Å². The third-order valence-electron chi connectivity index (χ3n) is 2.78. The van der Waals surface area contributed by atoms with Gasteiger partial charge < -0.3 is 10.2 Å². The summed E-state index contributed by atoms with van der Waals surface area (Å²) in [5.74, 6) is 0. The van der Waals surface area contributed by atoms with E-state index in [1.807, 2.05) is 12.4 Å². The maximum absolute atomic E-state index is 6.25. The van der Waals surface area contributed by atoms with E-state index < -0.39 is 0 Å². The van der Waals surface area contributed by atoms with Crippen LogP contribution in [0, 0.1) is 0 Å². The Kier molecular flexibility index (Phi) is 4.13. The second kappa shape index (κ2) is 5.61. The molecule has 1 N–H and O–H groups in total. The highest BCUT2D eigenvalue weighted by Crippen LogP contribution is 2.24. The van der Waals surface area contributed by atoms with Crippen molar-refractivity contribution in [2.24, 2.45) is 0 Å². The average molecular weight is 269 g/mol. The topological polar surface area (TPSA) is 15.3 Å². The van der Waals surface area contributed by atoms with Crippen LogP contribution in [0.25, 0.3) is 0 Å². The summed E-state index contributed by atoms with van der Waals surface area (Å²) >= 11 is 7.37. The first-order chi connectivity index (χ1) is 8.20. The lowest BCUT2D eigenvalue weighted by Gasteiger charge is -2.17. The number of hydrogen-bond donors (Lipinski definition) is 2. The summed E-state index contributed by atoms with van der Waals surface area (Å²) in [7, 11) is 0. The molecule has 0 fully saturated rings. The van der Waals surface area contributed by atoms with E-state index in [0.717, 1.165) is 27.7 Å². The minimum Gasteiger partial charge on any atom is -0.370 e. The normalized spacial score (nSPS) is 19.5. The van der Waals surface area contributed by atoms with Crippen LogP contribution in [0.5, 0.6) is 0 Å². The minimum atomic E-state index is 0.330. The number of nitrogens with zero attached hydrogens (tertiary/aromatic N) is 1. The number of aryl methyl sites for hydroxylation is 1. The number of nitrogens with one attached hydrogen (secondary N) is 1. The van der Waals surface area contributed by atoms with Gasteiger partial charge in [-0.25, -0.2) is 0 Å². The Labute approximate surface area is 111 Å². The lowest BCUT2D eigenvalue weighted by Crippen LogP contribution is -2.30. The highest BCUT2D eigenvalue weighted by Gasteiger charge is 2.09. The van der Waals surface area contributed by atoms with Gasteiger partial charge in [0.25, 0.3) is 0 Å². The summed E-state index contributed by atoms with van der Waals surface area (Å²) in [5.41, 5.74) is 3.42. The van der Waals surface area contributed by atoms with Crippen molar-refractivity contribution in [3.63, 3.8) is 0 Å². The van der Waals surface area contributed by atoms with Crippen molar-refractivity contribution in [1.29, 1.82) is 0 Å². The average Bonchev–Trinajstić information content (AvgIpc) is 2.73. The van der Waals surface area contributed by atoms with Crippen LogP contribution in [0.4, 0.5) is 0 Å². The predicted octanol–water partition coefficient (Wildman–Crippen LogP) is 3.21. The van der Waals surface area contributed by atoms with Crippen molar-refractivity contribution >= 4 is 28.4 Å². The van der Waals surface area contributed by atoms with Gasteiger partial charge >= 0.3 is 0 Å². The van der Waals surface area contributed by atoms with Crippen molar-refractivity contribution in [3.8, 4) is 0 Å². The molecule has 1 unspecified atom stereocenters. The van der Waals surface area contributed by atoms with Gasteiger partial charge in [0.2, 0.25) is 0 Å². The molecule has 1 aliphatic rings. The molecule has 0 saturated carbocycles. The molecule has 0 aliphatic carbocycles. The molecule has 0 aromatic heterocycles. The molecule has 0 spiro atoms. The Bertz CT molecular complexity index is 457. The van der Waals surface area contributed by atoms with Crippen molar-refractivity contribution in [3.05, 3.63) is 41.2 Å². The molecule has 1 atom stereocenters. The smallest absolute Gasteiger partial charge is 0.0999 e. The van der Waals surface area contributed by atoms with Crippen molar-refractivity contribution < 1.29 is 0 Å². The van der Waals surface area contributed by atoms with Gasteiger partial charge in [-0.05, 0) is 31.0 Å². The molecule has 0 bridgehead atoms. The number of hydrogen-bond acceptors (Lipinski definition) is 1. The molecule has 1 aromatic rings. The SMILES string of the molecule is CCc1ccc([SH]=CN2C=CNC2C)c(Cl)c1. The fraction of sp³-hybridized carbons (Fsp3) is 0.308. The lowest BCUT2D eigenvalue weighted by atomic mass is 10.2. The summed E-state index contributed by atoms with van der Waals surface area (Å²) in [5, 5.41) is 4.07. The van der Waals surface area contributed by atoms with Gasteiger partial charge in [-0.3, -0.25) is 0 Å². The van der Waals surface area contributed by atoms with Crippen LogP contribution in [0.3, 0.4) is 0 Å². The van der Waals surface area contributed by atoms with Gasteiger partial charge in [0, 0.05) is 22.8 Å². The molecule has 2 rings (SSSR count). The highest BCUT2D eigenvalue weighted by atomic mass is 35.5. The molecule has 4 heteroatoms. The summed E-state index contributed by atoms with van der Waals surface area (Å²) in [4.78, 5) is 3.29. The first kappa shape index (κ1) is 12.5. The molecule has 17 heavy (non-hydrogen) atoms. The Hall–Kier alpha value is -0.930. The van der Waals surface area contributed by atoms with E-state index in [1.54, 1.807) is 0 Å². The zero-order valence-electron chi connectivity index (χ0n) is 10.0. The van der Waals surface area contributed by atoms with Gasteiger partial charge in [-0.2, -0.15) is 11.4 Å². The first-order valence-corrected chi connectivity index (χ1v) is 7.07. The quantitative estimate of drug-likeness (QED) is 0.647. The van der Waals surface area contributed by atoms with Crippen LogP contribution in [-0.2, 0) is 6.42 Å². The van der Waals surface area contributed by atoms with Crippen LogP contribution in [0.1, 0.15) is 19.4 Å². The third kappa shape index (κ3) is 3.05. The Morgan fingerprint density at radius 2 is 2.35 bits per heavy atom. The monoisotopic (exact) mass is 268 g/mol. The van der Waals surface area contributed by atoms with E-state index in [2.05, 4.69) is 47.8 Å². The zero-order valence-corrected chi connectivity index (χ0v) is 11.7. The number of rotatable bonds is 3. The Morgan fingerprint density at radius 3 is 2.94 bits per heavy atom. The predicted molar refractivity (Wildman–Crippen MR) is 77.7 cm³/mol. The number of benzene rings is 1. The standard InChI is InChI=1S/C13H17ClN2S/c1-3-11-4-5-13(12(14)8-11)17-9-16-7-6-15-10(16)2/h4-10,15,17H,3H2,1-2H3. The maximum Gasteiger partial charge on any atom is 0.0999 e. The van der Waals surface area contributed by atoms with E-state index in [1.165, 1.54) is 5.56 Å². The van der Waals surface area contributed by atoms with Crippen molar-refractivity contribution in [2.45, 2.75) is 31.3 Å². The van der Waals surface area contributed by atoms with Crippen LogP contribution < -0.4 is 5.32 Å². The molecule has 0 radical (unpaired) electrons. The van der Waals surface area contributed by atoms with Crippen LogP contribution in [-0.4, -0.2) is 16.6 Å². The molecule has 92 valence electrons.